The zero-order valence-corrected chi connectivity index (χ0v) is 9.58. The van der Waals surface area contributed by atoms with Gasteiger partial charge in [0.25, 0.3) is 5.91 Å². The van der Waals surface area contributed by atoms with Crippen LogP contribution in [0.2, 0.25) is 6.04 Å². The van der Waals surface area contributed by atoms with Gasteiger partial charge in [-0.1, -0.05) is 6.92 Å². The second-order valence-corrected chi connectivity index (χ2v) is 4.96. The summed E-state index contributed by atoms with van der Waals surface area (Å²) < 4.78 is 11.4. The highest BCUT2D eigenvalue weighted by Crippen LogP contribution is 1.97. The molecule has 72 valence electrons. The number of ether oxygens (including phenoxy) is 2. The Hall–Kier alpha value is -0.393. The van der Waals surface area contributed by atoms with Gasteiger partial charge in [0.2, 0.25) is 6.29 Å². The molecule has 0 spiro atoms. The van der Waals surface area contributed by atoms with E-state index in [1.807, 2.05) is 0 Å². The lowest BCUT2D eigenvalue weighted by Gasteiger charge is -2.20. The van der Waals surface area contributed by atoms with E-state index < -0.39 is 16.0 Å². The Labute approximate surface area is 75.7 Å². The van der Waals surface area contributed by atoms with Crippen molar-refractivity contribution in [3.8, 4) is 0 Å². The van der Waals surface area contributed by atoms with Gasteiger partial charge in [0.15, 0.2) is 0 Å². The van der Waals surface area contributed by atoms with E-state index in [1.54, 1.807) is 11.6 Å². The van der Waals surface area contributed by atoms with E-state index in [4.69, 9.17) is 9.47 Å². The summed E-state index contributed by atoms with van der Waals surface area (Å²) in [5.41, 5.74) is 0. The van der Waals surface area contributed by atoms with Gasteiger partial charge in [-0.05, 0) is 6.04 Å². The summed E-state index contributed by atoms with van der Waals surface area (Å²) in [6.45, 7) is 2.07. The zero-order valence-electron chi connectivity index (χ0n) is 8.16. The normalized spacial score (nSPS) is 11.4. The van der Waals surface area contributed by atoms with Crippen LogP contribution in [0, 0.1) is 0 Å². The van der Waals surface area contributed by atoms with Crippen molar-refractivity contribution in [2.24, 2.45) is 0 Å². The van der Waals surface area contributed by atoms with Crippen molar-refractivity contribution >= 4 is 15.6 Å². The maximum Gasteiger partial charge on any atom is 0.271 e. The van der Waals surface area contributed by atoms with Gasteiger partial charge in [0.1, 0.15) is 9.68 Å². The highest BCUT2D eigenvalue weighted by atomic mass is 28.2. The minimum atomic E-state index is -0.728. The predicted octanol–water partition coefficient (Wildman–Crippen LogP) is -0.414. The Morgan fingerprint density at radius 1 is 1.50 bits per heavy atom. The Bertz CT molecular complexity index is 139. The molecular weight excluding hydrogens is 174 g/mol. The van der Waals surface area contributed by atoms with Crippen molar-refractivity contribution in [3.05, 3.63) is 0 Å². The topological polar surface area (TPSA) is 38.8 Å². The Morgan fingerprint density at radius 2 is 2.00 bits per heavy atom. The molecular formula is C7H17NO3Si. The lowest BCUT2D eigenvalue weighted by atomic mass is 10.6. The van der Waals surface area contributed by atoms with Crippen molar-refractivity contribution in [2.45, 2.75) is 19.3 Å². The summed E-state index contributed by atoms with van der Waals surface area (Å²) in [5, 5.41) is 0. The van der Waals surface area contributed by atoms with Gasteiger partial charge < -0.3 is 14.0 Å². The number of amides is 1. The van der Waals surface area contributed by atoms with Gasteiger partial charge in [-0.3, -0.25) is 4.79 Å². The van der Waals surface area contributed by atoms with Crippen molar-refractivity contribution in [1.82, 2.24) is 4.57 Å². The number of likely N-dealkylation sites (N-methyl/N-ethyl adjacent to an activating group) is 1. The molecule has 12 heavy (non-hydrogen) atoms. The third kappa shape index (κ3) is 3.34. The molecule has 0 aromatic heterocycles. The fraction of sp³-hybridized carbons (Fsp3) is 0.857. The summed E-state index contributed by atoms with van der Waals surface area (Å²) in [6.07, 6.45) is -0.728. The fourth-order valence-corrected chi connectivity index (χ4v) is 1.96. The van der Waals surface area contributed by atoms with Crippen LogP contribution in [0.4, 0.5) is 0 Å². The van der Waals surface area contributed by atoms with Gasteiger partial charge in [0.05, 0.1) is 0 Å². The molecule has 0 aromatic rings. The quantitative estimate of drug-likeness (QED) is 0.438. The average molecular weight is 191 g/mol. The van der Waals surface area contributed by atoms with Crippen LogP contribution in [0.25, 0.3) is 0 Å². The SMILES string of the molecule is CC[SiH2]N(C)C(=O)C(OC)OC. The molecule has 0 bridgehead atoms. The predicted molar refractivity (Wildman–Crippen MR) is 49.6 cm³/mol. The van der Waals surface area contributed by atoms with Crippen LogP contribution in [0.1, 0.15) is 6.92 Å². The van der Waals surface area contributed by atoms with E-state index in [2.05, 4.69) is 6.92 Å². The van der Waals surface area contributed by atoms with Crippen molar-refractivity contribution < 1.29 is 14.3 Å². The number of carbonyl (C=O) groups excluding carboxylic acids is 1. The summed E-state index contributed by atoms with van der Waals surface area (Å²) in [5.74, 6) is -0.0754. The van der Waals surface area contributed by atoms with E-state index in [9.17, 15) is 4.79 Å². The molecule has 0 unspecified atom stereocenters. The zero-order chi connectivity index (χ0) is 9.56. The van der Waals surface area contributed by atoms with E-state index in [0.29, 0.717) is 0 Å². The first-order valence-corrected chi connectivity index (χ1v) is 5.61. The van der Waals surface area contributed by atoms with E-state index in [0.717, 1.165) is 6.04 Å². The Balaban J connectivity index is 3.97. The number of rotatable bonds is 5. The van der Waals surface area contributed by atoms with Crippen LogP contribution < -0.4 is 0 Å². The van der Waals surface area contributed by atoms with E-state index in [-0.39, 0.29) is 5.91 Å². The summed E-state index contributed by atoms with van der Waals surface area (Å²) >= 11 is 0. The lowest BCUT2D eigenvalue weighted by Crippen LogP contribution is -2.40. The van der Waals surface area contributed by atoms with Gasteiger partial charge in [-0.2, -0.15) is 0 Å². The molecule has 0 saturated heterocycles. The average Bonchev–Trinajstić information content (AvgIpc) is 2.07. The van der Waals surface area contributed by atoms with Crippen molar-refractivity contribution in [1.29, 1.82) is 0 Å². The minimum absolute atomic E-state index is 0.0754. The number of methoxy groups -OCH3 is 2. The molecule has 0 saturated carbocycles. The highest BCUT2D eigenvalue weighted by Gasteiger charge is 2.19. The van der Waals surface area contributed by atoms with E-state index >= 15 is 0 Å². The molecule has 4 nitrogen and oxygen atoms in total. The summed E-state index contributed by atoms with van der Waals surface area (Å²) in [4.78, 5) is 11.4. The number of nitrogens with zero attached hydrogens (tertiary/aromatic N) is 1. The molecule has 0 aliphatic heterocycles. The van der Waals surface area contributed by atoms with Crippen LogP contribution in [0.3, 0.4) is 0 Å². The third-order valence-electron chi connectivity index (χ3n) is 1.57. The van der Waals surface area contributed by atoms with Crippen LogP contribution in [0.15, 0.2) is 0 Å². The molecule has 0 aliphatic rings. The highest BCUT2D eigenvalue weighted by molar-refractivity contribution is 6.36. The third-order valence-corrected chi connectivity index (χ3v) is 2.99. The monoisotopic (exact) mass is 191 g/mol. The molecule has 0 rings (SSSR count). The standard InChI is InChI=1S/C7H17NO3Si/c1-5-12-8(2)6(9)7(10-3)11-4/h7H,5,12H2,1-4H3. The molecule has 0 heterocycles. The first kappa shape index (κ1) is 11.6. The fourth-order valence-electron chi connectivity index (χ4n) is 0.923. The molecule has 5 heteroatoms. The maximum atomic E-state index is 11.4. The van der Waals surface area contributed by atoms with Crippen LogP contribution >= 0.6 is 0 Å². The van der Waals surface area contributed by atoms with Crippen molar-refractivity contribution in [3.63, 3.8) is 0 Å². The second kappa shape index (κ2) is 6.16. The summed E-state index contributed by atoms with van der Waals surface area (Å²) in [7, 11) is 4.29. The molecule has 0 N–H and O–H groups in total. The van der Waals surface area contributed by atoms with Gasteiger partial charge in [-0.25, -0.2) is 0 Å². The number of carbonyl (C=O) groups is 1. The first-order chi connectivity index (χ1) is 5.67. The molecule has 1 amide bonds. The molecule has 0 atom stereocenters. The Morgan fingerprint density at radius 3 is 2.33 bits per heavy atom. The van der Waals surface area contributed by atoms with Gasteiger partial charge >= 0.3 is 0 Å². The summed E-state index contributed by atoms with van der Waals surface area (Å²) in [6, 6.07) is 1.07. The number of hydrogen-bond donors (Lipinski definition) is 0. The Kier molecular flexibility index (Phi) is 5.96. The molecule has 0 radical (unpaired) electrons. The lowest BCUT2D eigenvalue weighted by molar-refractivity contribution is -0.164. The smallest absolute Gasteiger partial charge is 0.271 e. The first-order valence-electron chi connectivity index (χ1n) is 3.97. The molecule has 0 aliphatic carbocycles. The largest absolute Gasteiger partial charge is 0.373 e. The second-order valence-electron chi connectivity index (χ2n) is 2.56. The number of hydrogen-bond acceptors (Lipinski definition) is 3. The molecule has 0 aromatic carbocycles. The minimum Gasteiger partial charge on any atom is -0.373 e. The maximum absolute atomic E-state index is 11.4. The molecule has 0 fully saturated rings. The van der Waals surface area contributed by atoms with Crippen LogP contribution in [-0.4, -0.2) is 47.7 Å². The van der Waals surface area contributed by atoms with Gasteiger partial charge in [-0.15, -0.1) is 0 Å². The van der Waals surface area contributed by atoms with Crippen LogP contribution in [0.5, 0.6) is 0 Å². The van der Waals surface area contributed by atoms with Crippen molar-refractivity contribution in [2.75, 3.05) is 21.3 Å². The van der Waals surface area contributed by atoms with E-state index in [1.165, 1.54) is 14.2 Å². The van der Waals surface area contributed by atoms with Crippen LogP contribution in [-0.2, 0) is 14.3 Å². The van der Waals surface area contributed by atoms with Gasteiger partial charge in [0, 0.05) is 21.3 Å².